The van der Waals surface area contributed by atoms with Crippen LogP contribution in [0.3, 0.4) is 0 Å². The third kappa shape index (κ3) is 3.48. The van der Waals surface area contributed by atoms with Crippen molar-refractivity contribution in [1.29, 1.82) is 0 Å². The van der Waals surface area contributed by atoms with E-state index in [1.165, 1.54) is 11.1 Å². The van der Waals surface area contributed by atoms with Crippen LogP contribution in [-0.4, -0.2) is 23.1 Å². The molecule has 0 radical (unpaired) electrons. The van der Waals surface area contributed by atoms with Crippen molar-refractivity contribution in [3.05, 3.63) is 35.4 Å². The summed E-state index contributed by atoms with van der Waals surface area (Å²) in [4.78, 5) is 4.29. The summed E-state index contributed by atoms with van der Waals surface area (Å²) in [6.07, 6.45) is 3.26. The van der Waals surface area contributed by atoms with Gasteiger partial charge in [-0.3, -0.25) is 0 Å². The van der Waals surface area contributed by atoms with Crippen LogP contribution in [0, 0.1) is 0 Å². The fraction of sp³-hybridized carbons (Fsp3) is 0.500. The first-order valence-electron chi connectivity index (χ1n) is 6.20. The van der Waals surface area contributed by atoms with Crippen LogP contribution in [0.25, 0.3) is 0 Å². The molecule has 96 valence electrons. The predicted octanol–water partition coefficient (Wildman–Crippen LogP) is 3.95. The average Bonchev–Trinajstić information content (AvgIpc) is 2.70. The largest absolute Gasteiger partial charge is 0.372 e. The monoisotopic (exact) mass is 325 g/mol. The second kappa shape index (κ2) is 7.15. The molecule has 18 heavy (non-hydrogen) atoms. The standard InChI is InChI=1S/C14H16BrNOS/c15-13-9-11-5-1-2-6-12(11)14(13)17-8-4-3-7-16-10-18/h1-2,5-6,13-14H,3-4,7-9H2. The maximum absolute atomic E-state index is 5.99. The zero-order valence-corrected chi connectivity index (χ0v) is 12.5. The van der Waals surface area contributed by atoms with Gasteiger partial charge in [-0.05, 0) is 42.6 Å². The van der Waals surface area contributed by atoms with E-state index in [4.69, 9.17) is 4.74 Å². The third-order valence-electron chi connectivity index (χ3n) is 3.13. The number of ether oxygens (including phenoxy) is 1. The molecule has 0 aliphatic heterocycles. The van der Waals surface area contributed by atoms with Crippen LogP contribution in [0.2, 0.25) is 0 Å². The Bertz CT molecular complexity index is 445. The van der Waals surface area contributed by atoms with Crippen LogP contribution >= 0.6 is 28.1 Å². The van der Waals surface area contributed by atoms with E-state index in [1.54, 1.807) is 0 Å². The zero-order chi connectivity index (χ0) is 12.8. The molecule has 1 aromatic rings. The highest BCUT2D eigenvalue weighted by molar-refractivity contribution is 9.09. The van der Waals surface area contributed by atoms with E-state index in [1.807, 2.05) is 0 Å². The lowest BCUT2D eigenvalue weighted by Gasteiger charge is -2.16. The molecule has 1 aliphatic carbocycles. The van der Waals surface area contributed by atoms with Gasteiger partial charge in [0, 0.05) is 18.0 Å². The second-order valence-electron chi connectivity index (χ2n) is 4.39. The Kier molecular flexibility index (Phi) is 5.51. The number of unbranched alkanes of at least 4 members (excludes halogenated alkanes) is 1. The lowest BCUT2D eigenvalue weighted by atomic mass is 10.1. The van der Waals surface area contributed by atoms with Crippen molar-refractivity contribution < 1.29 is 4.74 Å². The van der Waals surface area contributed by atoms with E-state index in [0.717, 1.165) is 32.4 Å². The number of rotatable bonds is 6. The average molecular weight is 326 g/mol. The predicted molar refractivity (Wildman–Crippen MR) is 80.7 cm³/mol. The van der Waals surface area contributed by atoms with Crippen LogP contribution in [0.1, 0.15) is 30.1 Å². The Morgan fingerprint density at radius 3 is 3.06 bits per heavy atom. The molecule has 0 fully saturated rings. The van der Waals surface area contributed by atoms with E-state index in [-0.39, 0.29) is 6.10 Å². The minimum atomic E-state index is 0.190. The maximum Gasteiger partial charge on any atom is 0.0955 e. The van der Waals surface area contributed by atoms with Gasteiger partial charge in [0.25, 0.3) is 0 Å². The quantitative estimate of drug-likeness (QED) is 0.342. The SMILES string of the molecule is S=C=NCCCCOC1c2ccccc2CC1Br. The summed E-state index contributed by atoms with van der Waals surface area (Å²) in [5.74, 6) is 0. The van der Waals surface area contributed by atoms with Crippen molar-refractivity contribution in [3.63, 3.8) is 0 Å². The van der Waals surface area contributed by atoms with E-state index in [2.05, 4.69) is 62.6 Å². The lowest BCUT2D eigenvalue weighted by Crippen LogP contribution is -2.11. The van der Waals surface area contributed by atoms with Crippen LogP contribution in [0.15, 0.2) is 29.3 Å². The molecule has 0 bridgehead atoms. The van der Waals surface area contributed by atoms with Gasteiger partial charge in [-0.2, -0.15) is 0 Å². The lowest BCUT2D eigenvalue weighted by molar-refractivity contribution is 0.0567. The summed E-state index contributed by atoms with van der Waals surface area (Å²) in [7, 11) is 0. The smallest absolute Gasteiger partial charge is 0.0955 e. The number of aliphatic imine (C=N–C) groups is 1. The molecule has 0 saturated carbocycles. The number of benzene rings is 1. The number of nitrogens with zero attached hydrogens (tertiary/aromatic N) is 1. The number of hydrogen-bond acceptors (Lipinski definition) is 3. The van der Waals surface area contributed by atoms with Crippen LogP contribution in [-0.2, 0) is 11.2 Å². The summed E-state index contributed by atoms with van der Waals surface area (Å²) >= 11 is 8.23. The first kappa shape index (κ1) is 13.9. The Hall–Kier alpha value is -0.540. The van der Waals surface area contributed by atoms with Crippen molar-refractivity contribution in [2.24, 2.45) is 4.99 Å². The molecule has 0 heterocycles. The number of fused-ring (bicyclic) bond motifs is 1. The van der Waals surface area contributed by atoms with Gasteiger partial charge in [-0.1, -0.05) is 40.2 Å². The molecule has 2 nitrogen and oxygen atoms in total. The fourth-order valence-electron chi connectivity index (χ4n) is 2.25. The highest BCUT2D eigenvalue weighted by atomic mass is 79.9. The molecule has 0 aromatic heterocycles. The molecule has 2 rings (SSSR count). The minimum Gasteiger partial charge on any atom is -0.372 e. The van der Waals surface area contributed by atoms with Crippen LogP contribution < -0.4 is 0 Å². The topological polar surface area (TPSA) is 21.6 Å². The number of alkyl halides is 1. The zero-order valence-electron chi connectivity index (χ0n) is 10.1. The first-order valence-corrected chi connectivity index (χ1v) is 7.52. The summed E-state index contributed by atoms with van der Waals surface area (Å²) in [6, 6.07) is 8.51. The van der Waals surface area contributed by atoms with Crippen molar-refractivity contribution in [1.82, 2.24) is 0 Å². The Balaban J connectivity index is 1.81. The highest BCUT2D eigenvalue weighted by Crippen LogP contribution is 2.38. The van der Waals surface area contributed by atoms with E-state index in [0.29, 0.717) is 4.83 Å². The number of isothiocyanates is 1. The van der Waals surface area contributed by atoms with E-state index in [9.17, 15) is 0 Å². The molecule has 0 spiro atoms. The molecule has 0 amide bonds. The van der Waals surface area contributed by atoms with Gasteiger partial charge in [0.1, 0.15) is 0 Å². The summed E-state index contributed by atoms with van der Waals surface area (Å²) in [5.41, 5.74) is 2.73. The van der Waals surface area contributed by atoms with Gasteiger partial charge in [0.2, 0.25) is 0 Å². The molecule has 2 atom stereocenters. The maximum atomic E-state index is 5.99. The summed E-state index contributed by atoms with van der Waals surface area (Å²) in [6.45, 7) is 1.53. The van der Waals surface area contributed by atoms with E-state index >= 15 is 0 Å². The molecule has 0 saturated heterocycles. The van der Waals surface area contributed by atoms with Gasteiger partial charge in [-0.25, -0.2) is 4.99 Å². The Morgan fingerprint density at radius 2 is 2.22 bits per heavy atom. The van der Waals surface area contributed by atoms with Crippen molar-refractivity contribution in [2.75, 3.05) is 13.2 Å². The van der Waals surface area contributed by atoms with Crippen LogP contribution in [0.5, 0.6) is 0 Å². The molecule has 1 aliphatic rings. The van der Waals surface area contributed by atoms with Crippen molar-refractivity contribution in [2.45, 2.75) is 30.2 Å². The number of halogens is 1. The van der Waals surface area contributed by atoms with Gasteiger partial charge in [-0.15, -0.1) is 0 Å². The van der Waals surface area contributed by atoms with Gasteiger partial charge in [0.05, 0.1) is 11.3 Å². The summed E-state index contributed by atoms with van der Waals surface area (Å²) in [5, 5.41) is 2.38. The summed E-state index contributed by atoms with van der Waals surface area (Å²) < 4.78 is 5.99. The number of thiocarbonyl (C=S) groups is 1. The molecule has 1 aromatic carbocycles. The van der Waals surface area contributed by atoms with Gasteiger partial charge in [0.15, 0.2) is 0 Å². The third-order valence-corrected chi connectivity index (χ3v) is 4.06. The first-order chi connectivity index (χ1) is 8.83. The molecule has 0 N–H and O–H groups in total. The minimum absolute atomic E-state index is 0.190. The second-order valence-corrected chi connectivity index (χ2v) is 5.75. The van der Waals surface area contributed by atoms with Crippen molar-refractivity contribution >= 4 is 33.3 Å². The van der Waals surface area contributed by atoms with E-state index < -0.39 is 0 Å². The van der Waals surface area contributed by atoms with Gasteiger partial charge >= 0.3 is 0 Å². The van der Waals surface area contributed by atoms with Gasteiger partial charge < -0.3 is 4.74 Å². The molecule has 4 heteroatoms. The normalized spacial score (nSPS) is 21.4. The Labute approximate surface area is 122 Å². The highest BCUT2D eigenvalue weighted by Gasteiger charge is 2.30. The number of hydrogen-bond donors (Lipinski definition) is 0. The molecular weight excluding hydrogens is 310 g/mol. The van der Waals surface area contributed by atoms with Crippen LogP contribution in [0.4, 0.5) is 0 Å². The fourth-order valence-corrected chi connectivity index (χ4v) is 3.13. The van der Waals surface area contributed by atoms with Crippen molar-refractivity contribution in [3.8, 4) is 0 Å². The Morgan fingerprint density at radius 1 is 1.39 bits per heavy atom. The molecule has 2 unspecified atom stereocenters. The molecular formula is C14H16BrNOS.